The molecule has 0 aliphatic carbocycles. The molecule has 1 rings (SSSR count). The fourth-order valence-corrected chi connectivity index (χ4v) is 1.99. The van der Waals surface area contributed by atoms with Crippen LogP contribution in [0.5, 0.6) is 0 Å². The Balaban J connectivity index is 2.66. The molecule has 1 amide bonds. The van der Waals surface area contributed by atoms with Crippen LogP contribution in [0.25, 0.3) is 0 Å². The zero-order chi connectivity index (χ0) is 12.1. The summed E-state index contributed by atoms with van der Waals surface area (Å²) >= 11 is 5.90. The second kappa shape index (κ2) is 5.86. The lowest BCUT2D eigenvalue weighted by Crippen LogP contribution is -2.30. The molecule has 0 saturated heterocycles. The Morgan fingerprint density at radius 2 is 2.31 bits per heavy atom. The summed E-state index contributed by atoms with van der Waals surface area (Å²) in [5.41, 5.74) is 6.13. The van der Waals surface area contributed by atoms with Crippen LogP contribution in [0.15, 0.2) is 0 Å². The van der Waals surface area contributed by atoms with E-state index in [2.05, 4.69) is 9.59 Å². The van der Waals surface area contributed by atoms with Crippen molar-refractivity contribution in [2.24, 2.45) is 5.73 Å². The maximum Gasteiger partial charge on any atom is 0.267 e. The van der Waals surface area contributed by atoms with E-state index in [1.807, 2.05) is 6.92 Å². The van der Waals surface area contributed by atoms with Crippen LogP contribution in [-0.4, -0.2) is 39.0 Å². The molecule has 5 nitrogen and oxygen atoms in total. The first-order chi connectivity index (χ1) is 7.56. The fourth-order valence-electron chi connectivity index (χ4n) is 1.16. The molecule has 0 aromatic carbocycles. The third-order valence-electron chi connectivity index (χ3n) is 2.13. The molecule has 1 heterocycles. The van der Waals surface area contributed by atoms with Crippen LogP contribution in [0.4, 0.5) is 0 Å². The van der Waals surface area contributed by atoms with Crippen LogP contribution in [0.3, 0.4) is 0 Å². The van der Waals surface area contributed by atoms with E-state index in [1.165, 1.54) is 0 Å². The molecule has 7 heteroatoms. The van der Waals surface area contributed by atoms with E-state index in [0.717, 1.165) is 17.2 Å². The van der Waals surface area contributed by atoms with Gasteiger partial charge in [0.15, 0.2) is 0 Å². The van der Waals surface area contributed by atoms with Crippen molar-refractivity contribution in [3.05, 3.63) is 10.6 Å². The smallest absolute Gasteiger partial charge is 0.267 e. The highest BCUT2D eigenvalue weighted by Crippen LogP contribution is 2.13. The number of carbonyl (C=O) groups is 1. The van der Waals surface area contributed by atoms with Crippen molar-refractivity contribution in [2.75, 3.05) is 13.6 Å². The highest BCUT2D eigenvalue weighted by molar-refractivity contribution is 7.80. The van der Waals surface area contributed by atoms with Gasteiger partial charge in [0.1, 0.15) is 4.88 Å². The van der Waals surface area contributed by atoms with Crippen molar-refractivity contribution >= 4 is 34.6 Å². The number of amides is 1. The van der Waals surface area contributed by atoms with E-state index >= 15 is 0 Å². The van der Waals surface area contributed by atoms with E-state index in [0.29, 0.717) is 29.3 Å². The zero-order valence-electron chi connectivity index (χ0n) is 9.27. The number of rotatable bonds is 5. The van der Waals surface area contributed by atoms with Gasteiger partial charge in [-0.25, -0.2) is 0 Å². The molecule has 16 heavy (non-hydrogen) atoms. The number of aryl methyl sites for hydroxylation is 1. The van der Waals surface area contributed by atoms with Crippen molar-refractivity contribution in [2.45, 2.75) is 19.8 Å². The number of nitrogens with zero attached hydrogens (tertiary/aromatic N) is 3. The summed E-state index contributed by atoms with van der Waals surface area (Å²) in [7, 11) is 1.72. The third-order valence-corrected chi connectivity index (χ3v) is 3.09. The summed E-state index contributed by atoms with van der Waals surface area (Å²) < 4.78 is 3.79. The SMILES string of the molecule is CCc1nnsc1C(=O)N(C)CCC(N)=S. The molecular formula is C9H14N4OS2. The van der Waals surface area contributed by atoms with E-state index in [4.69, 9.17) is 18.0 Å². The molecule has 0 aliphatic rings. The number of aromatic nitrogens is 2. The van der Waals surface area contributed by atoms with E-state index in [9.17, 15) is 4.79 Å². The second-order valence-corrected chi connectivity index (χ2v) is 4.62. The van der Waals surface area contributed by atoms with Gasteiger partial charge in [0, 0.05) is 20.0 Å². The number of nitrogens with two attached hydrogens (primary N) is 1. The lowest BCUT2D eigenvalue weighted by atomic mass is 10.2. The monoisotopic (exact) mass is 258 g/mol. The summed E-state index contributed by atoms with van der Waals surface area (Å²) in [4.78, 5) is 14.6. The van der Waals surface area contributed by atoms with Gasteiger partial charge in [-0.3, -0.25) is 4.79 Å². The molecule has 0 aliphatic heterocycles. The standard InChI is InChI=1S/C9H14N4OS2/c1-3-6-8(16-12-11-6)9(14)13(2)5-4-7(10)15/h3-5H2,1-2H3,(H2,10,15). The van der Waals surface area contributed by atoms with Gasteiger partial charge in [-0.2, -0.15) is 0 Å². The summed E-state index contributed by atoms with van der Waals surface area (Å²) in [6.45, 7) is 2.47. The first-order valence-corrected chi connectivity index (χ1v) is 6.09. The molecule has 0 unspecified atom stereocenters. The van der Waals surface area contributed by atoms with Gasteiger partial charge < -0.3 is 10.6 Å². The van der Waals surface area contributed by atoms with E-state index in [-0.39, 0.29) is 5.91 Å². The van der Waals surface area contributed by atoms with Crippen LogP contribution in [0.2, 0.25) is 0 Å². The number of thiocarbonyl (C=S) groups is 1. The van der Waals surface area contributed by atoms with Gasteiger partial charge in [-0.1, -0.05) is 23.6 Å². The average molecular weight is 258 g/mol. The van der Waals surface area contributed by atoms with Crippen molar-refractivity contribution in [3.63, 3.8) is 0 Å². The quantitative estimate of drug-likeness (QED) is 0.793. The number of carbonyl (C=O) groups excluding carboxylic acids is 1. The summed E-state index contributed by atoms with van der Waals surface area (Å²) in [5, 5.41) is 3.90. The van der Waals surface area contributed by atoms with Crippen LogP contribution in [0, 0.1) is 0 Å². The lowest BCUT2D eigenvalue weighted by molar-refractivity contribution is 0.0802. The average Bonchev–Trinajstić information content (AvgIpc) is 2.72. The van der Waals surface area contributed by atoms with Crippen molar-refractivity contribution in [3.8, 4) is 0 Å². The van der Waals surface area contributed by atoms with Gasteiger partial charge in [0.25, 0.3) is 5.91 Å². The topological polar surface area (TPSA) is 72.1 Å². The maximum absolute atomic E-state index is 12.0. The summed E-state index contributed by atoms with van der Waals surface area (Å²) in [5.74, 6) is -0.0666. The third kappa shape index (κ3) is 3.21. The molecule has 0 atom stereocenters. The minimum Gasteiger partial charge on any atom is -0.393 e. The van der Waals surface area contributed by atoms with Crippen molar-refractivity contribution < 1.29 is 4.79 Å². The summed E-state index contributed by atoms with van der Waals surface area (Å²) in [6, 6.07) is 0. The van der Waals surface area contributed by atoms with E-state index < -0.39 is 0 Å². The van der Waals surface area contributed by atoms with Gasteiger partial charge >= 0.3 is 0 Å². The van der Waals surface area contributed by atoms with Crippen molar-refractivity contribution in [1.29, 1.82) is 0 Å². The largest absolute Gasteiger partial charge is 0.393 e. The fraction of sp³-hybridized carbons (Fsp3) is 0.556. The first-order valence-electron chi connectivity index (χ1n) is 4.91. The van der Waals surface area contributed by atoms with Crippen LogP contribution in [-0.2, 0) is 6.42 Å². The minimum atomic E-state index is -0.0666. The van der Waals surface area contributed by atoms with Crippen molar-refractivity contribution in [1.82, 2.24) is 14.5 Å². The molecule has 0 bridgehead atoms. The molecule has 1 aromatic heterocycles. The molecule has 2 N–H and O–H groups in total. The second-order valence-electron chi connectivity index (χ2n) is 3.35. The molecule has 88 valence electrons. The van der Waals surface area contributed by atoms with Crippen LogP contribution >= 0.6 is 23.8 Å². The zero-order valence-corrected chi connectivity index (χ0v) is 10.9. The Morgan fingerprint density at radius 3 is 2.88 bits per heavy atom. The van der Waals surface area contributed by atoms with Gasteiger partial charge in [-0.15, -0.1) is 5.10 Å². The molecule has 1 aromatic rings. The normalized spacial score (nSPS) is 10.1. The molecular weight excluding hydrogens is 244 g/mol. The van der Waals surface area contributed by atoms with Crippen LogP contribution in [0.1, 0.15) is 28.7 Å². The Labute approximate surface area is 104 Å². The first kappa shape index (κ1) is 13.0. The molecule has 0 fully saturated rings. The Bertz CT molecular complexity index is 391. The van der Waals surface area contributed by atoms with Gasteiger partial charge in [0.2, 0.25) is 0 Å². The minimum absolute atomic E-state index is 0.0666. The predicted molar refractivity (Wildman–Crippen MR) is 67.6 cm³/mol. The van der Waals surface area contributed by atoms with E-state index in [1.54, 1.807) is 11.9 Å². The Kier molecular flexibility index (Phi) is 4.75. The highest BCUT2D eigenvalue weighted by Gasteiger charge is 2.18. The summed E-state index contributed by atoms with van der Waals surface area (Å²) in [6.07, 6.45) is 1.24. The molecule has 0 radical (unpaired) electrons. The maximum atomic E-state index is 12.0. The van der Waals surface area contributed by atoms with Crippen LogP contribution < -0.4 is 5.73 Å². The molecule has 0 spiro atoms. The molecule has 0 saturated carbocycles. The lowest BCUT2D eigenvalue weighted by Gasteiger charge is -2.15. The number of hydrogen-bond acceptors (Lipinski definition) is 5. The Hall–Kier alpha value is -1.08. The van der Waals surface area contributed by atoms with Gasteiger partial charge in [-0.05, 0) is 18.0 Å². The number of hydrogen-bond donors (Lipinski definition) is 1. The Morgan fingerprint density at radius 1 is 1.62 bits per heavy atom. The highest BCUT2D eigenvalue weighted by atomic mass is 32.1. The predicted octanol–water partition coefficient (Wildman–Crippen LogP) is 0.849. The van der Waals surface area contributed by atoms with Gasteiger partial charge in [0.05, 0.1) is 10.7 Å².